The fourth-order valence-corrected chi connectivity index (χ4v) is 2.41. The average Bonchev–Trinajstić information content (AvgIpc) is 2.41. The quantitative estimate of drug-likeness (QED) is 0.525. The highest BCUT2D eigenvalue weighted by atomic mass is 32.2. The summed E-state index contributed by atoms with van der Waals surface area (Å²) in [6.07, 6.45) is 0. The topological polar surface area (TPSA) is 112 Å². The molecule has 0 fully saturated rings. The molecule has 0 saturated carbocycles. The number of hydrogen-bond donors (Lipinski definition) is 1. The monoisotopic (exact) mass is 291 g/mol. The average molecular weight is 291 g/mol. The molecular formula is C12H9N3O4S. The Labute approximate surface area is 117 Å². The predicted molar refractivity (Wildman–Crippen MR) is 74.7 cm³/mol. The van der Waals surface area contributed by atoms with Crippen molar-refractivity contribution >= 4 is 28.8 Å². The van der Waals surface area contributed by atoms with Crippen molar-refractivity contribution in [3.05, 3.63) is 62.7 Å². The highest BCUT2D eigenvalue weighted by Crippen LogP contribution is 2.36. The zero-order valence-electron chi connectivity index (χ0n) is 10.1. The summed E-state index contributed by atoms with van der Waals surface area (Å²) in [7, 11) is 0. The maximum atomic E-state index is 11.0. The van der Waals surface area contributed by atoms with Crippen LogP contribution < -0.4 is 5.73 Å². The largest absolute Gasteiger partial charge is 0.399 e. The molecule has 0 saturated heterocycles. The summed E-state index contributed by atoms with van der Waals surface area (Å²) < 4.78 is 0. The molecule has 2 N–H and O–H groups in total. The molecule has 2 aromatic carbocycles. The van der Waals surface area contributed by atoms with Crippen LogP contribution in [0.4, 0.5) is 17.1 Å². The van der Waals surface area contributed by atoms with Gasteiger partial charge in [-0.2, -0.15) is 0 Å². The summed E-state index contributed by atoms with van der Waals surface area (Å²) in [5.41, 5.74) is 5.55. The fraction of sp³-hybridized carbons (Fsp3) is 0. The van der Waals surface area contributed by atoms with Gasteiger partial charge in [-0.15, -0.1) is 0 Å². The first kappa shape index (κ1) is 13.8. The summed E-state index contributed by atoms with van der Waals surface area (Å²) in [6, 6.07) is 10.4. The lowest BCUT2D eigenvalue weighted by Gasteiger charge is -2.03. The minimum atomic E-state index is -0.662. The third-order valence-electron chi connectivity index (χ3n) is 2.46. The van der Waals surface area contributed by atoms with Gasteiger partial charge in [0.2, 0.25) is 0 Å². The molecule has 0 atom stereocenters. The van der Waals surface area contributed by atoms with E-state index in [1.807, 2.05) is 0 Å². The van der Waals surface area contributed by atoms with E-state index < -0.39 is 9.85 Å². The molecule has 0 radical (unpaired) electrons. The first-order valence-electron chi connectivity index (χ1n) is 5.43. The first-order valence-corrected chi connectivity index (χ1v) is 6.25. The highest BCUT2D eigenvalue weighted by Gasteiger charge is 2.20. The molecule has 0 aromatic heterocycles. The summed E-state index contributed by atoms with van der Waals surface area (Å²) >= 11 is 1.15. The van der Waals surface area contributed by atoms with Crippen molar-refractivity contribution in [2.24, 2.45) is 0 Å². The normalized spacial score (nSPS) is 10.2. The summed E-state index contributed by atoms with van der Waals surface area (Å²) in [4.78, 5) is 21.4. The number of nitrogen functional groups attached to an aromatic ring is 1. The second-order valence-corrected chi connectivity index (χ2v) is 4.95. The van der Waals surface area contributed by atoms with Gasteiger partial charge in [-0.25, -0.2) is 0 Å². The molecule has 8 heteroatoms. The standard InChI is InChI=1S/C12H9N3O4S/c13-8-1-4-10(5-2-8)20-12-6-3-9(14(16)17)7-11(12)15(18)19/h1-7H,13H2. The number of nitro groups is 2. The Kier molecular flexibility index (Phi) is 3.85. The molecule has 0 spiro atoms. The molecule has 0 aliphatic rings. The van der Waals surface area contributed by atoms with Gasteiger partial charge < -0.3 is 5.73 Å². The third kappa shape index (κ3) is 3.04. The van der Waals surface area contributed by atoms with E-state index in [0.717, 1.165) is 22.7 Å². The Bertz CT molecular complexity index is 673. The van der Waals surface area contributed by atoms with Gasteiger partial charge in [0.1, 0.15) is 0 Å². The maximum absolute atomic E-state index is 11.0. The number of rotatable bonds is 4. The van der Waals surface area contributed by atoms with Gasteiger partial charge in [0, 0.05) is 16.6 Å². The molecular weight excluding hydrogens is 282 g/mol. The summed E-state index contributed by atoms with van der Waals surface area (Å²) in [5, 5.41) is 21.6. The van der Waals surface area contributed by atoms with Crippen molar-refractivity contribution in [3.63, 3.8) is 0 Å². The lowest BCUT2D eigenvalue weighted by Crippen LogP contribution is -1.94. The number of non-ortho nitro benzene ring substituents is 1. The van der Waals surface area contributed by atoms with Crippen molar-refractivity contribution < 1.29 is 9.85 Å². The first-order chi connectivity index (χ1) is 9.47. The van der Waals surface area contributed by atoms with E-state index in [0.29, 0.717) is 10.6 Å². The Morgan fingerprint density at radius 2 is 1.60 bits per heavy atom. The zero-order chi connectivity index (χ0) is 14.7. The molecule has 0 amide bonds. The highest BCUT2D eigenvalue weighted by molar-refractivity contribution is 7.99. The van der Waals surface area contributed by atoms with E-state index in [4.69, 9.17) is 5.73 Å². The lowest BCUT2D eigenvalue weighted by atomic mass is 10.3. The summed E-state index contributed by atoms with van der Waals surface area (Å²) in [6.45, 7) is 0. The number of hydrogen-bond acceptors (Lipinski definition) is 6. The summed E-state index contributed by atoms with van der Waals surface area (Å²) in [5.74, 6) is 0. The maximum Gasteiger partial charge on any atom is 0.290 e. The third-order valence-corrected chi connectivity index (χ3v) is 3.53. The molecule has 0 bridgehead atoms. The van der Waals surface area contributed by atoms with E-state index >= 15 is 0 Å². The van der Waals surface area contributed by atoms with Crippen molar-refractivity contribution in [1.82, 2.24) is 0 Å². The molecule has 0 aliphatic heterocycles. The number of benzene rings is 2. The molecule has 0 heterocycles. The lowest BCUT2D eigenvalue weighted by molar-refractivity contribution is -0.396. The zero-order valence-corrected chi connectivity index (χ0v) is 10.9. The number of anilines is 1. The van der Waals surface area contributed by atoms with E-state index in [9.17, 15) is 20.2 Å². The van der Waals surface area contributed by atoms with Gasteiger partial charge in [0.15, 0.2) is 0 Å². The number of nitrogens with two attached hydrogens (primary N) is 1. The van der Waals surface area contributed by atoms with Gasteiger partial charge in [-0.3, -0.25) is 20.2 Å². The van der Waals surface area contributed by atoms with E-state index in [-0.39, 0.29) is 11.4 Å². The minimum Gasteiger partial charge on any atom is -0.399 e. The Balaban J connectivity index is 2.38. The van der Waals surface area contributed by atoms with Crippen LogP contribution in [0.2, 0.25) is 0 Å². The second-order valence-electron chi connectivity index (χ2n) is 3.84. The van der Waals surface area contributed by atoms with Gasteiger partial charge in [0.05, 0.1) is 20.8 Å². The van der Waals surface area contributed by atoms with Gasteiger partial charge in [-0.1, -0.05) is 11.8 Å². The van der Waals surface area contributed by atoms with Crippen LogP contribution in [-0.4, -0.2) is 9.85 Å². The Morgan fingerprint density at radius 1 is 0.950 bits per heavy atom. The van der Waals surface area contributed by atoms with Crippen LogP contribution in [0.1, 0.15) is 0 Å². The van der Waals surface area contributed by atoms with Crippen LogP contribution in [0.25, 0.3) is 0 Å². The molecule has 102 valence electrons. The van der Waals surface area contributed by atoms with Crippen molar-refractivity contribution in [1.29, 1.82) is 0 Å². The molecule has 7 nitrogen and oxygen atoms in total. The van der Waals surface area contributed by atoms with Gasteiger partial charge in [0.25, 0.3) is 11.4 Å². The second kappa shape index (κ2) is 5.57. The minimum absolute atomic E-state index is 0.291. The van der Waals surface area contributed by atoms with Crippen molar-refractivity contribution in [3.8, 4) is 0 Å². The van der Waals surface area contributed by atoms with Crippen LogP contribution in [0.3, 0.4) is 0 Å². The molecule has 0 unspecified atom stereocenters. The van der Waals surface area contributed by atoms with Crippen LogP contribution in [0, 0.1) is 20.2 Å². The van der Waals surface area contributed by atoms with Crippen LogP contribution >= 0.6 is 11.8 Å². The van der Waals surface area contributed by atoms with E-state index in [2.05, 4.69) is 0 Å². The Hall–Kier alpha value is -2.61. The smallest absolute Gasteiger partial charge is 0.290 e. The van der Waals surface area contributed by atoms with Crippen LogP contribution in [-0.2, 0) is 0 Å². The number of nitrogens with zero attached hydrogens (tertiary/aromatic N) is 2. The molecule has 20 heavy (non-hydrogen) atoms. The molecule has 2 rings (SSSR count). The molecule has 2 aromatic rings. The van der Waals surface area contributed by atoms with Crippen LogP contribution in [0.15, 0.2) is 52.3 Å². The Morgan fingerprint density at radius 3 is 2.15 bits per heavy atom. The SMILES string of the molecule is Nc1ccc(Sc2ccc([N+](=O)[O-])cc2[N+](=O)[O-])cc1. The molecule has 0 aliphatic carbocycles. The van der Waals surface area contributed by atoms with Crippen molar-refractivity contribution in [2.45, 2.75) is 9.79 Å². The van der Waals surface area contributed by atoms with E-state index in [1.54, 1.807) is 24.3 Å². The van der Waals surface area contributed by atoms with Gasteiger partial charge in [-0.05, 0) is 30.3 Å². The fourth-order valence-electron chi connectivity index (χ4n) is 1.51. The van der Waals surface area contributed by atoms with Gasteiger partial charge >= 0.3 is 0 Å². The van der Waals surface area contributed by atoms with Crippen molar-refractivity contribution in [2.75, 3.05) is 5.73 Å². The predicted octanol–water partition coefficient (Wildman–Crippen LogP) is 3.24. The number of nitro benzene ring substituents is 2. The van der Waals surface area contributed by atoms with Crippen LogP contribution in [0.5, 0.6) is 0 Å². The van der Waals surface area contributed by atoms with E-state index in [1.165, 1.54) is 12.1 Å².